The van der Waals surface area contributed by atoms with Gasteiger partial charge in [0, 0.05) is 13.7 Å². The predicted octanol–water partition coefficient (Wildman–Crippen LogP) is -0.338. The van der Waals surface area contributed by atoms with E-state index < -0.39 is 17.3 Å². The van der Waals surface area contributed by atoms with Crippen LogP contribution in [0.1, 0.15) is 23.8 Å². The van der Waals surface area contributed by atoms with E-state index in [-0.39, 0.29) is 25.3 Å². The van der Waals surface area contributed by atoms with E-state index in [1.165, 1.54) is 13.3 Å². The van der Waals surface area contributed by atoms with E-state index in [1.807, 2.05) is 0 Å². The Bertz CT molecular complexity index is 406. The maximum Gasteiger partial charge on any atom is 0.311 e. The highest BCUT2D eigenvalue weighted by Gasteiger charge is 2.32. The molecule has 0 unspecified atom stereocenters. The number of H-pyrrole nitrogens is 1. The number of carboxylic acids is 1. The number of nitrogens with one attached hydrogen (secondary N) is 2. The van der Waals surface area contributed by atoms with E-state index >= 15 is 0 Å². The van der Waals surface area contributed by atoms with Crippen LogP contribution in [0.25, 0.3) is 0 Å². The van der Waals surface area contributed by atoms with Crippen molar-refractivity contribution in [3.63, 3.8) is 0 Å². The summed E-state index contributed by atoms with van der Waals surface area (Å²) in [6.07, 6.45) is 1.56. The Morgan fingerprint density at radius 1 is 1.61 bits per heavy atom. The third kappa shape index (κ3) is 3.52. The van der Waals surface area contributed by atoms with Crippen LogP contribution in [0.5, 0.6) is 0 Å². The van der Waals surface area contributed by atoms with Crippen molar-refractivity contribution < 1.29 is 19.4 Å². The fraction of sp³-hybridized carbons (Fsp3) is 0.600. The molecule has 8 nitrogen and oxygen atoms in total. The van der Waals surface area contributed by atoms with Crippen LogP contribution in [-0.2, 0) is 9.53 Å². The summed E-state index contributed by atoms with van der Waals surface area (Å²) in [5.41, 5.74) is -0.856. The number of hydrogen-bond donors (Lipinski definition) is 3. The van der Waals surface area contributed by atoms with Crippen LogP contribution in [0.2, 0.25) is 0 Å². The molecule has 0 bridgehead atoms. The van der Waals surface area contributed by atoms with Crippen LogP contribution in [0.3, 0.4) is 0 Å². The summed E-state index contributed by atoms with van der Waals surface area (Å²) in [5.74, 6) is -1.35. The minimum absolute atomic E-state index is 0.0855. The fourth-order valence-corrected chi connectivity index (χ4v) is 1.41. The molecule has 1 aromatic heterocycles. The van der Waals surface area contributed by atoms with Crippen molar-refractivity contribution in [3.8, 4) is 0 Å². The minimum atomic E-state index is -1.02. The normalized spacial score (nSPS) is 13.9. The number of carbonyl (C=O) groups excluding carboxylic acids is 1. The number of nitrogens with zero attached hydrogens (tertiary/aromatic N) is 2. The van der Waals surface area contributed by atoms with Crippen LogP contribution in [0.15, 0.2) is 6.20 Å². The molecular formula is C10H16N4O4. The highest BCUT2D eigenvalue weighted by molar-refractivity contribution is 5.91. The topological polar surface area (TPSA) is 117 Å². The van der Waals surface area contributed by atoms with Gasteiger partial charge in [-0.15, -0.1) is 0 Å². The summed E-state index contributed by atoms with van der Waals surface area (Å²) < 4.78 is 4.88. The molecule has 0 radical (unpaired) electrons. The number of carbonyl (C=O) groups is 2. The number of aromatic amines is 1. The summed E-state index contributed by atoms with van der Waals surface area (Å²) in [7, 11) is 1.44. The molecule has 0 saturated heterocycles. The molecule has 8 heteroatoms. The van der Waals surface area contributed by atoms with Crippen molar-refractivity contribution in [2.24, 2.45) is 5.41 Å². The van der Waals surface area contributed by atoms with Crippen molar-refractivity contribution in [1.82, 2.24) is 20.7 Å². The second-order valence-electron chi connectivity index (χ2n) is 4.16. The first-order valence-electron chi connectivity index (χ1n) is 5.36. The van der Waals surface area contributed by atoms with Gasteiger partial charge in [0.2, 0.25) is 0 Å². The average Bonchev–Trinajstić information content (AvgIpc) is 2.82. The zero-order chi connectivity index (χ0) is 13.6. The first kappa shape index (κ1) is 14.1. The Morgan fingerprint density at radius 2 is 2.33 bits per heavy atom. The molecular weight excluding hydrogens is 240 g/mol. The first-order valence-corrected chi connectivity index (χ1v) is 5.36. The van der Waals surface area contributed by atoms with Gasteiger partial charge in [0.1, 0.15) is 0 Å². The molecule has 1 atom stereocenters. The molecule has 1 rings (SSSR count). The summed E-state index contributed by atoms with van der Waals surface area (Å²) in [5, 5.41) is 21.1. The predicted molar refractivity (Wildman–Crippen MR) is 61.0 cm³/mol. The van der Waals surface area contributed by atoms with Gasteiger partial charge in [0.15, 0.2) is 5.69 Å². The van der Waals surface area contributed by atoms with Crippen LogP contribution in [0, 0.1) is 5.41 Å². The number of aliphatic carboxylic acids is 1. The number of carboxylic acid groups (broad SMARTS) is 1. The summed E-state index contributed by atoms with van der Waals surface area (Å²) in [6.45, 7) is 1.88. The second-order valence-corrected chi connectivity index (χ2v) is 4.16. The van der Waals surface area contributed by atoms with Crippen molar-refractivity contribution in [2.45, 2.75) is 13.3 Å². The Morgan fingerprint density at radius 3 is 2.83 bits per heavy atom. The van der Waals surface area contributed by atoms with Gasteiger partial charge >= 0.3 is 5.97 Å². The van der Waals surface area contributed by atoms with Gasteiger partial charge < -0.3 is 15.2 Å². The van der Waals surface area contributed by atoms with E-state index in [0.717, 1.165) is 0 Å². The van der Waals surface area contributed by atoms with E-state index in [4.69, 9.17) is 9.84 Å². The van der Waals surface area contributed by atoms with Gasteiger partial charge in [-0.25, -0.2) is 0 Å². The lowest BCUT2D eigenvalue weighted by molar-refractivity contribution is -0.151. The third-order valence-electron chi connectivity index (χ3n) is 2.59. The molecule has 0 saturated carbocycles. The number of methoxy groups -OCH3 is 1. The van der Waals surface area contributed by atoms with Crippen LogP contribution < -0.4 is 5.32 Å². The molecule has 0 spiro atoms. The molecule has 18 heavy (non-hydrogen) atoms. The molecule has 1 amide bonds. The molecule has 0 aliphatic carbocycles. The van der Waals surface area contributed by atoms with Crippen molar-refractivity contribution in [2.75, 3.05) is 20.3 Å². The van der Waals surface area contributed by atoms with Gasteiger partial charge in [0.05, 0.1) is 18.2 Å². The second kappa shape index (κ2) is 6.10. The summed E-state index contributed by atoms with van der Waals surface area (Å²) >= 11 is 0. The smallest absolute Gasteiger partial charge is 0.311 e. The molecule has 0 aliphatic heterocycles. The van der Waals surface area contributed by atoms with Gasteiger partial charge in [-0.3, -0.25) is 9.59 Å². The van der Waals surface area contributed by atoms with Gasteiger partial charge in [-0.1, -0.05) is 0 Å². The zero-order valence-electron chi connectivity index (χ0n) is 10.3. The number of rotatable bonds is 7. The highest BCUT2D eigenvalue weighted by atomic mass is 16.5. The largest absolute Gasteiger partial charge is 0.481 e. The molecule has 3 N–H and O–H groups in total. The Hall–Kier alpha value is -1.96. The Balaban J connectivity index is 2.44. The van der Waals surface area contributed by atoms with Crippen LogP contribution in [0.4, 0.5) is 0 Å². The van der Waals surface area contributed by atoms with E-state index in [0.29, 0.717) is 0 Å². The average molecular weight is 256 g/mol. The first-order chi connectivity index (χ1) is 8.49. The zero-order valence-corrected chi connectivity index (χ0v) is 10.3. The molecule has 0 aliphatic rings. The molecule has 1 heterocycles. The summed E-state index contributed by atoms with van der Waals surface area (Å²) in [4.78, 5) is 22.6. The maximum absolute atomic E-state index is 11.5. The van der Waals surface area contributed by atoms with Crippen LogP contribution >= 0.6 is 0 Å². The molecule has 0 aromatic carbocycles. The standard InChI is InChI=1S/C10H16N4O4/c1-10(6-18-2,9(16)17)3-4-11-8(15)7-5-12-14-13-7/h5H,3-4,6H2,1-2H3,(H,11,15)(H,16,17)(H,12,13,14)/t10-/m0/s1. The van der Waals surface area contributed by atoms with Crippen LogP contribution in [-0.4, -0.2) is 52.7 Å². The van der Waals surface area contributed by atoms with Crippen molar-refractivity contribution >= 4 is 11.9 Å². The summed E-state index contributed by atoms with van der Waals surface area (Å²) in [6, 6.07) is 0. The minimum Gasteiger partial charge on any atom is -0.481 e. The molecule has 1 aromatic rings. The van der Waals surface area contributed by atoms with Gasteiger partial charge in [0.25, 0.3) is 5.91 Å². The quantitative estimate of drug-likeness (QED) is 0.614. The Labute approximate surface area is 104 Å². The molecule has 0 fully saturated rings. The number of ether oxygens (including phenoxy) is 1. The van der Waals surface area contributed by atoms with E-state index in [2.05, 4.69) is 20.7 Å². The fourth-order valence-electron chi connectivity index (χ4n) is 1.41. The highest BCUT2D eigenvalue weighted by Crippen LogP contribution is 2.21. The van der Waals surface area contributed by atoms with Gasteiger partial charge in [-0.05, 0) is 13.3 Å². The number of hydrogen-bond acceptors (Lipinski definition) is 5. The third-order valence-corrected chi connectivity index (χ3v) is 2.59. The SMILES string of the molecule is COC[C@](C)(CCNC(=O)c1cn[nH]n1)C(=O)O. The Kier molecular flexibility index (Phi) is 4.78. The maximum atomic E-state index is 11.5. The number of amides is 1. The van der Waals surface area contributed by atoms with Crippen molar-refractivity contribution in [3.05, 3.63) is 11.9 Å². The van der Waals surface area contributed by atoms with Gasteiger partial charge in [-0.2, -0.15) is 15.4 Å². The van der Waals surface area contributed by atoms with Crippen molar-refractivity contribution in [1.29, 1.82) is 0 Å². The number of aromatic nitrogens is 3. The lowest BCUT2D eigenvalue weighted by Gasteiger charge is -2.23. The lowest BCUT2D eigenvalue weighted by Crippen LogP contribution is -2.37. The molecule has 100 valence electrons. The lowest BCUT2D eigenvalue weighted by atomic mass is 9.88. The monoisotopic (exact) mass is 256 g/mol. The van der Waals surface area contributed by atoms with E-state index in [1.54, 1.807) is 6.92 Å². The van der Waals surface area contributed by atoms with E-state index in [9.17, 15) is 9.59 Å².